The van der Waals surface area contributed by atoms with Gasteiger partial charge in [-0.1, -0.05) is 87.8 Å². The number of nitrogen functional groups attached to an aromatic ring is 2. The predicted octanol–water partition coefficient (Wildman–Crippen LogP) is 7.63. The molecule has 4 rings (SSSR count). The smallest absolute Gasteiger partial charge is 0.0725 e. The molecule has 4 heteroatoms. The Labute approximate surface area is 203 Å². The van der Waals surface area contributed by atoms with Gasteiger partial charge in [0.15, 0.2) is 0 Å². The van der Waals surface area contributed by atoms with Crippen LogP contribution in [0.15, 0.2) is 60.7 Å². The number of anilines is 2. The van der Waals surface area contributed by atoms with E-state index in [9.17, 15) is 0 Å². The van der Waals surface area contributed by atoms with E-state index in [-0.39, 0.29) is 0 Å². The molecule has 0 saturated heterocycles. The quantitative estimate of drug-likeness (QED) is 0.204. The highest BCUT2D eigenvalue weighted by atomic mass is 14.7. The van der Waals surface area contributed by atoms with Crippen LogP contribution in [0.3, 0.4) is 0 Å². The molecule has 4 aromatic rings. The molecule has 2 aromatic carbocycles. The van der Waals surface area contributed by atoms with Crippen molar-refractivity contribution in [1.82, 2.24) is 9.97 Å². The molecule has 178 valence electrons. The molecular formula is C30H38N4. The van der Waals surface area contributed by atoms with E-state index < -0.39 is 0 Å². The van der Waals surface area contributed by atoms with E-state index in [1.807, 2.05) is 60.7 Å². The molecule has 0 radical (unpaired) electrons. The molecule has 0 saturated carbocycles. The normalized spacial score (nSPS) is 11.4. The van der Waals surface area contributed by atoms with Gasteiger partial charge in [0, 0.05) is 33.5 Å². The largest absolute Gasteiger partial charge is 0.398 e. The minimum absolute atomic E-state index is 0.846. The molecule has 2 heterocycles. The van der Waals surface area contributed by atoms with Crippen LogP contribution in [-0.2, 0) is 12.8 Å². The van der Waals surface area contributed by atoms with Crippen molar-refractivity contribution in [2.24, 2.45) is 0 Å². The van der Waals surface area contributed by atoms with Crippen molar-refractivity contribution >= 4 is 33.2 Å². The molecule has 0 bridgehead atoms. The van der Waals surface area contributed by atoms with Crippen molar-refractivity contribution in [2.75, 3.05) is 11.5 Å². The number of hydrogen-bond acceptors (Lipinski definition) is 4. The van der Waals surface area contributed by atoms with E-state index in [0.29, 0.717) is 0 Å². The van der Waals surface area contributed by atoms with Crippen molar-refractivity contribution < 1.29 is 0 Å². The zero-order valence-electron chi connectivity index (χ0n) is 20.3. The first-order valence-corrected chi connectivity index (χ1v) is 13.0. The minimum atomic E-state index is 0.846. The summed E-state index contributed by atoms with van der Waals surface area (Å²) in [5, 5.41) is 2.11. The van der Waals surface area contributed by atoms with Gasteiger partial charge in [-0.25, -0.2) is 0 Å². The third-order valence-electron chi connectivity index (χ3n) is 6.72. The number of aryl methyl sites for hydroxylation is 2. The van der Waals surface area contributed by atoms with Crippen LogP contribution in [0, 0.1) is 0 Å². The zero-order valence-corrected chi connectivity index (χ0v) is 20.3. The summed E-state index contributed by atoms with van der Waals surface area (Å²) in [6.07, 6.45) is 15.0. The van der Waals surface area contributed by atoms with Gasteiger partial charge in [0.2, 0.25) is 0 Å². The summed E-state index contributed by atoms with van der Waals surface area (Å²) in [5.74, 6) is 0. The summed E-state index contributed by atoms with van der Waals surface area (Å²) in [4.78, 5) is 9.53. The first kappa shape index (κ1) is 24.0. The lowest BCUT2D eigenvalue weighted by molar-refractivity contribution is 0.550. The molecule has 34 heavy (non-hydrogen) atoms. The van der Waals surface area contributed by atoms with Crippen molar-refractivity contribution in [1.29, 1.82) is 0 Å². The summed E-state index contributed by atoms with van der Waals surface area (Å²) in [6, 6.07) is 20.4. The van der Waals surface area contributed by atoms with Gasteiger partial charge >= 0.3 is 0 Å². The number of hydrogen-bond donors (Lipinski definition) is 2. The Hall–Kier alpha value is -3.14. The van der Waals surface area contributed by atoms with Crippen LogP contribution in [0.5, 0.6) is 0 Å². The highest BCUT2D eigenvalue weighted by molar-refractivity contribution is 5.90. The minimum Gasteiger partial charge on any atom is -0.398 e. The molecule has 0 amide bonds. The van der Waals surface area contributed by atoms with Crippen LogP contribution in [0.1, 0.15) is 75.6 Å². The molecule has 0 fully saturated rings. The van der Waals surface area contributed by atoms with Gasteiger partial charge < -0.3 is 11.5 Å². The Kier molecular flexibility index (Phi) is 8.72. The highest BCUT2D eigenvalue weighted by Crippen LogP contribution is 2.22. The Morgan fingerprint density at radius 1 is 0.471 bits per heavy atom. The third-order valence-corrected chi connectivity index (χ3v) is 6.72. The average Bonchev–Trinajstić information content (AvgIpc) is 2.85. The molecular weight excluding hydrogens is 416 g/mol. The van der Waals surface area contributed by atoms with E-state index in [4.69, 9.17) is 21.4 Å². The van der Waals surface area contributed by atoms with Crippen molar-refractivity contribution in [3.8, 4) is 0 Å². The Bertz CT molecular complexity index is 1110. The summed E-state index contributed by atoms with van der Waals surface area (Å²) >= 11 is 0. The van der Waals surface area contributed by atoms with E-state index in [1.54, 1.807) is 0 Å². The second kappa shape index (κ2) is 12.4. The van der Waals surface area contributed by atoms with Crippen LogP contribution < -0.4 is 11.5 Å². The van der Waals surface area contributed by atoms with Gasteiger partial charge in [0.1, 0.15) is 0 Å². The van der Waals surface area contributed by atoms with E-state index in [1.165, 1.54) is 64.2 Å². The predicted molar refractivity (Wildman–Crippen MR) is 146 cm³/mol. The number of rotatable bonds is 13. The number of pyridine rings is 2. The highest BCUT2D eigenvalue weighted by Gasteiger charge is 2.04. The monoisotopic (exact) mass is 454 g/mol. The van der Waals surface area contributed by atoms with Crippen LogP contribution in [0.25, 0.3) is 21.8 Å². The number of para-hydroxylation sites is 2. The molecule has 4 nitrogen and oxygen atoms in total. The van der Waals surface area contributed by atoms with Crippen LogP contribution in [0.2, 0.25) is 0 Å². The van der Waals surface area contributed by atoms with Gasteiger partial charge in [-0.05, 0) is 49.9 Å². The molecule has 0 unspecified atom stereocenters. The lowest BCUT2D eigenvalue weighted by Crippen LogP contribution is -1.96. The number of fused-ring (bicyclic) bond motifs is 2. The standard InChI is InChI=1S/C30H38N4/c31-27-21-23(33-29-19-13-11-17-25(27)29)15-9-7-5-3-1-2-4-6-8-10-16-24-22-28(32)26-18-12-14-20-30(26)34-24/h11-14,17-22H,1-10,15-16H2,(H2,31,33)(H2,32,34). The van der Waals surface area contributed by atoms with Gasteiger partial charge in [-0.3, -0.25) is 9.97 Å². The van der Waals surface area contributed by atoms with Crippen LogP contribution in [-0.4, -0.2) is 9.97 Å². The molecule has 0 aliphatic carbocycles. The first-order chi connectivity index (χ1) is 16.7. The average molecular weight is 455 g/mol. The number of aromatic nitrogens is 2. The van der Waals surface area contributed by atoms with Crippen LogP contribution >= 0.6 is 0 Å². The fraction of sp³-hybridized carbons (Fsp3) is 0.400. The second-order valence-corrected chi connectivity index (χ2v) is 9.48. The molecule has 2 aromatic heterocycles. The first-order valence-electron chi connectivity index (χ1n) is 13.0. The van der Waals surface area contributed by atoms with Crippen LogP contribution in [0.4, 0.5) is 11.4 Å². The SMILES string of the molecule is Nc1cc(CCCCCCCCCCCCc2cc(N)c3ccccc3n2)nc2ccccc12. The summed E-state index contributed by atoms with van der Waals surface area (Å²) in [6.45, 7) is 0. The second-order valence-electron chi connectivity index (χ2n) is 9.48. The number of benzene rings is 2. The molecule has 4 N–H and O–H groups in total. The summed E-state index contributed by atoms with van der Waals surface area (Å²) < 4.78 is 0. The van der Waals surface area contributed by atoms with E-state index >= 15 is 0 Å². The summed E-state index contributed by atoms with van der Waals surface area (Å²) in [7, 11) is 0. The van der Waals surface area contributed by atoms with Crippen molar-refractivity contribution in [2.45, 2.75) is 77.0 Å². The zero-order chi connectivity index (χ0) is 23.6. The number of nitrogens with zero attached hydrogens (tertiary/aromatic N) is 2. The van der Waals surface area contributed by atoms with Gasteiger partial charge in [-0.2, -0.15) is 0 Å². The van der Waals surface area contributed by atoms with Gasteiger partial charge in [0.25, 0.3) is 0 Å². The Balaban J connectivity index is 1.02. The topological polar surface area (TPSA) is 77.8 Å². The fourth-order valence-electron chi connectivity index (χ4n) is 4.80. The number of unbranched alkanes of at least 4 members (excludes halogenated alkanes) is 9. The summed E-state index contributed by atoms with van der Waals surface area (Å²) in [5.41, 5.74) is 18.3. The molecule has 0 atom stereocenters. The van der Waals surface area contributed by atoms with Crippen molar-refractivity contribution in [3.63, 3.8) is 0 Å². The van der Waals surface area contributed by atoms with Gasteiger partial charge in [-0.15, -0.1) is 0 Å². The molecule has 0 aliphatic rings. The fourth-order valence-corrected chi connectivity index (χ4v) is 4.80. The maximum absolute atomic E-state index is 6.19. The Morgan fingerprint density at radius 3 is 1.24 bits per heavy atom. The van der Waals surface area contributed by atoms with Crippen molar-refractivity contribution in [3.05, 3.63) is 72.1 Å². The van der Waals surface area contributed by atoms with E-state index in [0.717, 1.165) is 57.4 Å². The lowest BCUT2D eigenvalue weighted by Gasteiger charge is -2.07. The molecule has 0 aliphatic heterocycles. The maximum Gasteiger partial charge on any atom is 0.0725 e. The molecule has 0 spiro atoms. The maximum atomic E-state index is 6.19. The Morgan fingerprint density at radius 2 is 0.824 bits per heavy atom. The van der Waals surface area contributed by atoms with Gasteiger partial charge in [0.05, 0.1) is 11.0 Å². The lowest BCUT2D eigenvalue weighted by atomic mass is 10.0. The third kappa shape index (κ3) is 6.69. The number of nitrogens with two attached hydrogens (primary N) is 2. The van der Waals surface area contributed by atoms with E-state index in [2.05, 4.69) is 0 Å².